The first-order valence-electron chi connectivity index (χ1n) is 10.1. The van der Waals surface area contributed by atoms with Crippen molar-refractivity contribution in [2.75, 3.05) is 6.61 Å². The maximum Gasteiger partial charge on any atom is 0.332 e. The second-order valence-electron chi connectivity index (χ2n) is 7.52. The SMILES string of the molecule is Cn1c(=O)n(CCCO)c(=O)c2c1nc(OC1CCCC1)n2Cc1ccc(Cl)cn1. The van der Waals surface area contributed by atoms with Gasteiger partial charge in [0, 0.05) is 26.4 Å². The second kappa shape index (κ2) is 8.61. The van der Waals surface area contributed by atoms with E-state index in [-0.39, 0.29) is 37.0 Å². The fraction of sp³-hybridized carbons (Fsp3) is 0.500. The average molecular weight is 434 g/mol. The van der Waals surface area contributed by atoms with Crippen molar-refractivity contribution in [3.05, 3.63) is 49.9 Å². The number of hydrogen-bond acceptors (Lipinski definition) is 6. The highest BCUT2D eigenvalue weighted by molar-refractivity contribution is 6.30. The maximum atomic E-state index is 13.2. The molecule has 3 aromatic heterocycles. The molecule has 0 spiro atoms. The van der Waals surface area contributed by atoms with Crippen LogP contribution in [0.5, 0.6) is 6.01 Å². The third-order valence-corrected chi connectivity index (χ3v) is 5.64. The zero-order chi connectivity index (χ0) is 21.3. The molecule has 0 amide bonds. The van der Waals surface area contributed by atoms with E-state index in [0.717, 1.165) is 30.3 Å². The number of fused-ring (bicyclic) bond motifs is 1. The van der Waals surface area contributed by atoms with Gasteiger partial charge in [0.25, 0.3) is 11.6 Å². The third kappa shape index (κ3) is 3.87. The Labute approximate surface area is 177 Å². The zero-order valence-corrected chi connectivity index (χ0v) is 17.5. The monoisotopic (exact) mass is 433 g/mol. The Morgan fingerprint density at radius 1 is 1.23 bits per heavy atom. The molecule has 3 aromatic rings. The Balaban J connectivity index is 1.88. The highest BCUT2D eigenvalue weighted by atomic mass is 35.5. The van der Waals surface area contributed by atoms with Crippen LogP contribution in [-0.4, -0.2) is 41.5 Å². The molecule has 0 unspecified atom stereocenters. The van der Waals surface area contributed by atoms with Crippen molar-refractivity contribution in [2.45, 2.75) is 51.3 Å². The number of halogens is 1. The van der Waals surface area contributed by atoms with Crippen LogP contribution < -0.4 is 16.0 Å². The normalized spacial score (nSPS) is 14.6. The Morgan fingerprint density at radius 3 is 2.67 bits per heavy atom. The van der Waals surface area contributed by atoms with E-state index >= 15 is 0 Å². The Hall–Kier alpha value is -2.65. The van der Waals surface area contributed by atoms with Crippen LogP contribution in [0.1, 0.15) is 37.8 Å². The van der Waals surface area contributed by atoms with Crippen molar-refractivity contribution < 1.29 is 9.84 Å². The zero-order valence-electron chi connectivity index (χ0n) is 16.8. The van der Waals surface area contributed by atoms with Crippen molar-refractivity contribution in [1.29, 1.82) is 0 Å². The molecule has 4 rings (SSSR count). The third-order valence-electron chi connectivity index (χ3n) is 5.42. The summed E-state index contributed by atoms with van der Waals surface area (Å²) < 4.78 is 10.3. The van der Waals surface area contributed by atoms with Crippen LogP contribution in [0.4, 0.5) is 0 Å². The van der Waals surface area contributed by atoms with Gasteiger partial charge in [-0.1, -0.05) is 11.6 Å². The van der Waals surface area contributed by atoms with Gasteiger partial charge in [-0.25, -0.2) is 4.79 Å². The molecule has 0 bridgehead atoms. The van der Waals surface area contributed by atoms with Crippen LogP contribution in [0.25, 0.3) is 11.2 Å². The molecule has 1 aliphatic rings. The van der Waals surface area contributed by atoms with Gasteiger partial charge in [0.2, 0.25) is 0 Å². The van der Waals surface area contributed by atoms with Gasteiger partial charge in [-0.15, -0.1) is 0 Å². The van der Waals surface area contributed by atoms with Crippen molar-refractivity contribution >= 4 is 22.8 Å². The molecule has 0 aromatic carbocycles. The lowest BCUT2D eigenvalue weighted by atomic mass is 10.3. The quantitative estimate of drug-likeness (QED) is 0.608. The number of imidazole rings is 1. The van der Waals surface area contributed by atoms with Crippen LogP contribution in [0.2, 0.25) is 5.02 Å². The molecule has 9 nitrogen and oxygen atoms in total. The van der Waals surface area contributed by atoms with Crippen LogP contribution in [-0.2, 0) is 20.1 Å². The lowest BCUT2D eigenvalue weighted by Gasteiger charge is -2.14. The number of aliphatic hydroxyl groups excluding tert-OH is 1. The minimum absolute atomic E-state index is 0.0346. The van der Waals surface area contributed by atoms with Gasteiger partial charge < -0.3 is 9.84 Å². The van der Waals surface area contributed by atoms with Gasteiger partial charge in [-0.2, -0.15) is 4.98 Å². The second-order valence-corrected chi connectivity index (χ2v) is 7.96. The Kier molecular flexibility index (Phi) is 5.92. The number of hydrogen-bond donors (Lipinski definition) is 1. The van der Waals surface area contributed by atoms with E-state index in [2.05, 4.69) is 9.97 Å². The molecule has 0 atom stereocenters. The molecule has 1 aliphatic carbocycles. The highest BCUT2D eigenvalue weighted by Crippen LogP contribution is 2.26. The molecule has 0 saturated heterocycles. The summed E-state index contributed by atoms with van der Waals surface area (Å²) in [5.41, 5.74) is 0.309. The van der Waals surface area contributed by atoms with Crippen LogP contribution in [0.3, 0.4) is 0 Å². The molecule has 1 N–H and O–H groups in total. The predicted octanol–water partition coefficient (Wildman–Crippen LogP) is 1.70. The van der Waals surface area contributed by atoms with Crippen LogP contribution >= 0.6 is 11.6 Å². The highest BCUT2D eigenvalue weighted by Gasteiger charge is 2.25. The standard InChI is InChI=1S/C20H24ClN5O4/c1-24-17-16(18(28)25(20(24)29)9-4-10-27)26(12-14-8-7-13(21)11-22-14)19(23-17)30-15-5-2-3-6-15/h7-8,11,15,27H,2-6,9-10,12H2,1H3. The van der Waals surface area contributed by atoms with Crippen LogP contribution in [0, 0.1) is 0 Å². The number of aromatic nitrogens is 5. The molecule has 3 heterocycles. The fourth-order valence-corrected chi connectivity index (χ4v) is 3.94. The van der Waals surface area contributed by atoms with E-state index < -0.39 is 11.2 Å². The summed E-state index contributed by atoms with van der Waals surface area (Å²) in [4.78, 5) is 34.8. The van der Waals surface area contributed by atoms with E-state index in [1.165, 1.54) is 4.57 Å². The van der Waals surface area contributed by atoms with E-state index in [1.807, 2.05) is 0 Å². The minimum Gasteiger partial charge on any atom is -0.461 e. The smallest absolute Gasteiger partial charge is 0.332 e. The average Bonchev–Trinajstić information content (AvgIpc) is 3.37. The number of aliphatic hydroxyl groups is 1. The number of aryl methyl sites for hydroxylation is 1. The summed E-state index contributed by atoms with van der Waals surface area (Å²) in [6.45, 7) is 0.266. The topological polar surface area (TPSA) is 104 Å². The molecule has 10 heteroatoms. The lowest BCUT2D eigenvalue weighted by molar-refractivity contribution is 0.185. The lowest BCUT2D eigenvalue weighted by Crippen LogP contribution is -2.40. The summed E-state index contributed by atoms with van der Waals surface area (Å²) in [5.74, 6) is 0. The van der Waals surface area contributed by atoms with Gasteiger partial charge >= 0.3 is 5.69 Å². The number of nitrogens with zero attached hydrogens (tertiary/aromatic N) is 5. The van der Waals surface area contributed by atoms with Gasteiger partial charge in [0.1, 0.15) is 6.10 Å². The van der Waals surface area contributed by atoms with Crippen molar-refractivity contribution in [1.82, 2.24) is 23.7 Å². The molecular formula is C20H24ClN5O4. The predicted molar refractivity (Wildman–Crippen MR) is 112 cm³/mol. The molecule has 160 valence electrons. The van der Waals surface area contributed by atoms with Gasteiger partial charge in [0.15, 0.2) is 11.2 Å². The summed E-state index contributed by atoms with van der Waals surface area (Å²) >= 11 is 5.95. The van der Waals surface area contributed by atoms with E-state index in [9.17, 15) is 9.59 Å². The molecule has 1 saturated carbocycles. The maximum absolute atomic E-state index is 13.2. The van der Waals surface area contributed by atoms with Gasteiger partial charge in [0.05, 0.1) is 17.3 Å². The Morgan fingerprint density at radius 2 is 2.00 bits per heavy atom. The molecule has 0 radical (unpaired) electrons. The van der Waals surface area contributed by atoms with Crippen LogP contribution in [0.15, 0.2) is 27.9 Å². The molecule has 1 fully saturated rings. The molecule has 30 heavy (non-hydrogen) atoms. The summed E-state index contributed by atoms with van der Waals surface area (Å²) in [6, 6.07) is 3.82. The summed E-state index contributed by atoms with van der Waals surface area (Å²) in [7, 11) is 1.58. The van der Waals surface area contributed by atoms with Crippen molar-refractivity contribution in [2.24, 2.45) is 7.05 Å². The summed E-state index contributed by atoms with van der Waals surface area (Å²) in [5, 5.41) is 9.67. The van der Waals surface area contributed by atoms with Gasteiger partial charge in [-0.3, -0.25) is 23.5 Å². The number of pyridine rings is 1. The largest absolute Gasteiger partial charge is 0.461 e. The molecular weight excluding hydrogens is 410 g/mol. The van der Waals surface area contributed by atoms with Crippen molar-refractivity contribution in [3.8, 4) is 6.01 Å². The summed E-state index contributed by atoms with van der Waals surface area (Å²) in [6.07, 6.45) is 5.94. The van der Waals surface area contributed by atoms with E-state index in [0.29, 0.717) is 23.1 Å². The molecule has 0 aliphatic heterocycles. The number of rotatable bonds is 7. The van der Waals surface area contributed by atoms with Crippen molar-refractivity contribution in [3.63, 3.8) is 0 Å². The Bertz CT molecular complexity index is 1160. The minimum atomic E-state index is -0.470. The van der Waals surface area contributed by atoms with Gasteiger partial charge in [-0.05, 0) is 44.2 Å². The first-order valence-corrected chi connectivity index (χ1v) is 10.5. The first-order chi connectivity index (χ1) is 14.5. The number of ether oxygens (including phenoxy) is 1. The van der Waals surface area contributed by atoms with E-state index in [4.69, 9.17) is 21.4 Å². The fourth-order valence-electron chi connectivity index (χ4n) is 3.83. The first kappa shape index (κ1) is 20.6. The van der Waals surface area contributed by atoms with E-state index in [1.54, 1.807) is 29.9 Å².